The number of nitrogens with one attached hydrogen (secondary N) is 1. The van der Waals surface area contributed by atoms with Crippen LogP contribution in [0.5, 0.6) is 0 Å². The molecular formula is C26H23N3O2. The molecule has 4 aromatic rings. The number of aromatic nitrogens is 2. The number of nitrogens with zero attached hydrogens (tertiary/aromatic N) is 2. The maximum Gasteiger partial charge on any atom is 0.261 e. The third-order valence-corrected chi connectivity index (χ3v) is 5.65. The highest BCUT2D eigenvalue weighted by atomic mass is 16.1. The Labute approximate surface area is 180 Å². The van der Waals surface area contributed by atoms with Crippen LogP contribution >= 0.6 is 0 Å². The first kappa shape index (κ1) is 19.2. The van der Waals surface area contributed by atoms with Gasteiger partial charge in [-0.25, -0.2) is 4.98 Å². The van der Waals surface area contributed by atoms with Gasteiger partial charge in [0.15, 0.2) is 0 Å². The highest BCUT2D eigenvalue weighted by Gasteiger charge is 2.28. The van der Waals surface area contributed by atoms with Crippen LogP contribution in [0.4, 0.5) is 5.69 Å². The van der Waals surface area contributed by atoms with Crippen molar-refractivity contribution in [1.29, 1.82) is 0 Å². The van der Waals surface area contributed by atoms with E-state index >= 15 is 0 Å². The smallest absolute Gasteiger partial charge is 0.261 e. The van der Waals surface area contributed by atoms with Gasteiger partial charge in [0.25, 0.3) is 5.56 Å². The lowest BCUT2D eigenvalue weighted by Gasteiger charge is -2.14. The van der Waals surface area contributed by atoms with Gasteiger partial charge in [-0.3, -0.25) is 14.2 Å². The average molecular weight is 409 g/mol. The van der Waals surface area contributed by atoms with E-state index in [-0.39, 0.29) is 23.9 Å². The summed E-state index contributed by atoms with van der Waals surface area (Å²) in [4.78, 5) is 30.5. The number of benzene rings is 3. The summed E-state index contributed by atoms with van der Waals surface area (Å²) < 4.78 is 1.80. The molecule has 5 nitrogen and oxygen atoms in total. The van der Waals surface area contributed by atoms with Crippen LogP contribution in [0.3, 0.4) is 0 Å². The summed E-state index contributed by atoms with van der Waals surface area (Å²) in [5.41, 5.74) is 3.50. The van der Waals surface area contributed by atoms with Gasteiger partial charge in [0.05, 0.1) is 10.9 Å². The number of amides is 1. The lowest BCUT2D eigenvalue weighted by Crippen LogP contribution is -2.25. The average Bonchev–Trinajstić information content (AvgIpc) is 3.64. The lowest BCUT2D eigenvalue weighted by atomic mass is 10.0. The lowest BCUT2D eigenvalue weighted by molar-refractivity contribution is -0.116. The standard InChI is InChI=1S/C26H23N3O2/c30-25(28-22-12-6-4-10-20(22)18-8-2-1-3-9-18)17-16-24-27-23-13-7-5-11-21(23)26(31)29(24)19-14-15-19/h1-13,19H,14-17H2,(H,28,30). The zero-order valence-corrected chi connectivity index (χ0v) is 17.1. The van der Waals surface area contributed by atoms with E-state index in [2.05, 4.69) is 5.32 Å². The Morgan fingerprint density at radius 1 is 0.935 bits per heavy atom. The summed E-state index contributed by atoms with van der Waals surface area (Å²) >= 11 is 0. The number of hydrogen-bond donors (Lipinski definition) is 1. The predicted octanol–water partition coefficient (Wildman–Crippen LogP) is 4.97. The van der Waals surface area contributed by atoms with Gasteiger partial charge >= 0.3 is 0 Å². The van der Waals surface area contributed by atoms with Crippen LogP contribution in [0.25, 0.3) is 22.0 Å². The van der Waals surface area contributed by atoms with Crippen molar-refractivity contribution in [1.82, 2.24) is 9.55 Å². The minimum Gasteiger partial charge on any atom is -0.326 e. The molecule has 1 aliphatic rings. The number of anilines is 1. The van der Waals surface area contributed by atoms with Gasteiger partial charge < -0.3 is 5.32 Å². The van der Waals surface area contributed by atoms with E-state index in [1.165, 1.54) is 0 Å². The van der Waals surface area contributed by atoms with E-state index in [0.29, 0.717) is 23.1 Å². The number of aryl methyl sites for hydroxylation is 1. The number of rotatable bonds is 6. The molecule has 1 amide bonds. The van der Waals surface area contributed by atoms with Crippen molar-refractivity contribution in [2.75, 3.05) is 5.32 Å². The number of carbonyl (C=O) groups excluding carboxylic acids is 1. The Balaban J connectivity index is 1.37. The van der Waals surface area contributed by atoms with Gasteiger partial charge in [-0.15, -0.1) is 0 Å². The van der Waals surface area contributed by atoms with Gasteiger partial charge in [-0.2, -0.15) is 0 Å². The summed E-state index contributed by atoms with van der Waals surface area (Å²) in [6, 6.07) is 25.4. The first-order chi connectivity index (χ1) is 15.2. The minimum absolute atomic E-state index is 0.00192. The monoisotopic (exact) mass is 409 g/mol. The Bertz CT molecular complexity index is 1310. The summed E-state index contributed by atoms with van der Waals surface area (Å²) in [6.45, 7) is 0. The van der Waals surface area contributed by atoms with Crippen LogP contribution in [-0.4, -0.2) is 15.5 Å². The van der Waals surface area contributed by atoms with Crippen molar-refractivity contribution >= 4 is 22.5 Å². The van der Waals surface area contributed by atoms with E-state index in [0.717, 1.165) is 29.7 Å². The molecule has 31 heavy (non-hydrogen) atoms. The molecule has 154 valence electrons. The number of para-hydroxylation sites is 2. The zero-order valence-electron chi connectivity index (χ0n) is 17.1. The molecule has 0 bridgehead atoms. The molecule has 1 saturated carbocycles. The van der Waals surface area contributed by atoms with Crippen LogP contribution < -0.4 is 10.9 Å². The maximum absolute atomic E-state index is 13.0. The van der Waals surface area contributed by atoms with Crippen molar-refractivity contribution in [3.8, 4) is 11.1 Å². The molecule has 0 saturated heterocycles. The molecule has 1 aromatic heterocycles. The molecule has 1 aliphatic carbocycles. The van der Waals surface area contributed by atoms with Crippen LogP contribution in [0.15, 0.2) is 83.7 Å². The fourth-order valence-electron chi connectivity index (χ4n) is 3.98. The van der Waals surface area contributed by atoms with Crippen molar-refractivity contribution in [3.63, 3.8) is 0 Å². The molecular weight excluding hydrogens is 386 g/mol. The van der Waals surface area contributed by atoms with E-state index in [9.17, 15) is 9.59 Å². The Hall–Kier alpha value is -3.73. The second kappa shape index (κ2) is 8.19. The largest absolute Gasteiger partial charge is 0.326 e. The number of fused-ring (bicyclic) bond motifs is 1. The van der Waals surface area contributed by atoms with E-state index in [1.807, 2.05) is 78.9 Å². The molecule has 0 spiro atoms. The zero-order chi connectivity index (χ0) is 21.2. The molecule has 1 fully saturated rings. The molecule has 1 heterocycles. The third-order valence-electron chi connectivity index (χ3n) is 5.65. The fraction of sp³-hybridized carbons (Fsp3) is 0.192. The van der Waals surface area contributed by atoms with Crippen LogP contribution in [-0.2, 0) is 11.2 Å². The SMILES string of the molecule is O=C(CCc1nc2ccccc2c(=O)n1C1CC1)Nc1ccccc1-c1ccccc1. The highest BCUT2D eigenvalue weighted by Crippen LogP contribution is 2.35. The third kappa shape index (κ3) is 3.99. The maximum atomic E-state index is 13.0. The van der Waals surface area contributed by atoms with Gasteiger partial charge in [-0.05, 0) is 36.6 Å². The van der Waals surface area contributed by atoms with Gasteiger partial charge in [0.2, 0.25) is 5.91 Å². The van der Waals surface area contributed by atoms with Crippen LogP contribution in [0, 0.1) is 0 Å². The molecule has 3 aromatic carbocycles. The normalized spacial score (nSPS) is 13.3. The van der Waals surface area contributed by atoms with Crippen molar-refractivity contribution in [2.24, 2.45) is 0 Å². The van der Waals surface area contributed by atoms with E-state index in [4.69, 9.17) is 4.98 Å². The summed E-state index contributed by atoms with van der Waals surface area (Å²) in [5.74, 6) is 0.603. The second-order valence-electron chi connectivity index (χ2n) is 7.91. The predicted molar refractivity (Wildman–Crippen MR) is 123 cm³/mol. The van der Waals surface area contributed by atoms with E-state index in [1.54, 1.807) is 4.57 Å². The first-order valence-corrected chi connectivity index (χ1v) is 10.6. The van der Waals surface area contributed by atoms with E-state index < -0.39 is 0 Å². The van der Waals surface area contributed by atoms with Gasteiger partial charge in [0, 0.05) is 30.1 Å². The number of carbonyl (C=O) groups is 1. The molecule has 5 heteroatoms. The Kier molecular flexibility index (Phi) is 5.08. The molecule has 0 radical (unpaired) electrons. The quantitative estimate of drug-likeness (QED) is 0.489. The molecule has 0 unspecified atom stereocenters. The molecule has 0 aliphatic heterocycles. The fourth-order valence-corrected chi connectivity index (χ4v) is 3.98. The van der Waals surface area contributed by atoms with Gasteiger partial charge in [0.1, 0.15) is 5.82 Å². The Morgan fingerprint density at radius 2 is 1.65 bits per heavy atom. The molecule has 0 atom stereocenters. The second-order valence-corrected chi connectivity index (χ2v) is 7.91. The molecule has 5 rings (SSSR count). The number of hydrogen-bond acceptors (Lipinski definition) is 3. The first-order valence-electron chi connectivity index (χ1n) is 10.6. The highest BCUT2D eigenvalue weighted by molar-refractivity contribution is 5.95. The summed E-state index contributed by atoms with van der Waals surface area (Å²) in [7, 11) is 0. The summed E-state index contributed by atoms with van der Waals surface area (Å²) in [5, 5.41) is 3.68. The van der Waals surface area contributed by atoms with Crippen LogP contribution in [0.2, 0.25) is 0 Å². The topological polar surface area (TPSA) is 64.0 Å². The molecule has 1 N–H and O–H groups in total. The minimum atomic E-state index is -0.0897. The van der Waals surface area contributed by atoms with Crippen molar-refractivity contribution in [3.05, 3.63) is 95.0 Å². The summed E-state index contributed by atoms with van der Waals surface area (Å²) in [6.07, 6.45) is 2.67. The Morgan fingerprint density at radius 3 is 2.45 bits per heavy atom. The van der Waals surface area contributed by atoms with Gasteiger partial charge in [-0.1, -0.05) is 60.7 Å². The van der Waals surface area contributed by atoms with Crippen molar-refractivity contribution < 1.29 is 4.79 Å². The van der Waals surface area contributed by atoms with Crippen LogP contribution in [0.1, 0.15) is 31.1 Å². The van der Waals surface area contributed by atoms with Crippen molar-refractivity contribution in [2.45, 2.75) is 31.7 Å².